The topological polar surface area (TPSA) is 69.6 Å². The predicted octanol–water partition coefficient (Wildman–Crippen LogP) is 1.95. The highest BCUT2D eigenvalue weighted by Gasteiger charge is 2.22. The number of hydrogen-bond donors (Lipinski definition) is 3. The maximum atomic E-state index is 13.5. The Kier molecular flexibility index (Phi) is 5.82. The minimum atomic E-state index is -1.73. The normalized spacial score (nSPS) is 12.2. The molecule has 3 N–H and O–H groups in total. The standard InChI is InChI=1S/C13H16F3NO3/c1-2-7(3-4-18)6-17-13(20)8-5-9(14)11(16)12(19)10(8)15/h5,7,18-19H,2-4,6H2,1H3,(H,17,20). The van der Waals surface area contributed by atoms with Gasteiger partial charge in [-0.05, 0) is 18.4 Å². The van der Waals surface area contributed by atoms with Gasteiger partial charge in [0.2, 0.25) is 5.82 Å². The third kappa shape index (κ3) is 3.63. The van der Waals surface area contributed by atoms with Crippen molar-refractivity contribution in [1.82, 2.24) is 5.32 Å². The van der Waals surface area contributed by atoms with Crippen molar-refractivity contribution in [3.05, 3.63) is 29.1 Å². The molecule has 1 rings (SSSR count). The summed E-state index contributed by atoms with van der Waals surface area (Å²) in [5, 5.41) is 20.2. The smallest absolute Gasteiger partial charge is 0.254 e. The van der Waals surface area contributed by atoms with Gasteiger partial charge in [0.15, 0.2) is 17.4 Å². The number of aromatic hydroxyl groups is 1. The van der Waals surface area contributed by atoms with Crippen molar-refractivity contribution in [1.29, 1.82) is 0 Å². The average Bonchev–Trinajstić information content (AvgIpc) is 2.44. The molecule has 7 heteroatoms. The van der Waals surface area contributed by atoms with Crippen LogP contribution in [0.5, 0.6) is 5.75 Å². The number of aliphatic hydroxyl groups is 1. The van der Waals surface area contributed by atoms with Crippen molar-refractivity contribution in [2.24, 2.45) is 5.92 Å². The van der Waals surface area contributed by atoms with Gasteiger partial charge in [0.25, 0.3) is 5.91 Å². The Morgan fingerprint density at radius 1 is 1.35 bits per heavy atom. The molecule has 4 nitrogen and oxygen atoms in total. The molecule has 112 valence electrons. The molecule has 0 heterocycles. The molecule has 0 bridgehead atoms. The summed E-state index contributed by atoms with van der Waals surface area (Å²) in [5.74, 6) is -7.21. The molecule has 1 atom stereocenters. The van der Waals surface area contributed by atoms with E-state index in [9.17, 15) is 18.0 Å². The Hall–Kier alpha value is -1.76. The van der Waals surface area contributed by atoms with Gasteiger partial charge in [0.1, 0.15) is 0 Å². The fraction of sp³-hybridized carbons (Fsp3) is 0.462. The van der Waals surface area contributed by atoms with Crippen LogP contribution < -0.4 is 5.32 Å². The Morgan fingerprint density at radius 3 is 2.55 bits per heavy atom. The molecule has 0 aliphatic heterocycles. The molecular weight excluding hydrogens is 275 g/mol. The van der Waals surface area contributed by atoms with Crippen LogP contribution in [0.2, 0.25) is 0 Å². The molecule has 1 aromatic rings. The second-order valence-electron chi connectivity index (χ2n) is 4.38. The lowest BCUT2D eigenvalue weighted by Gasteiger charge is -2.14. The molecule has 0 fully saturated rings. The SMILES string of the molecule is CCC(CCO)CNC(=O)c1cc(F)c(F)c(O)c1F. The summed E-state index contributed by atoms with van der Waals surface area (Å²) in [6.07, 6.45) is 1.15. The van der Waals surface area contributed by atoms with Crippen LogP contribution in [0, 0.1) is 23.4 Å². The van der Waals surface area contributed by atoms with Gasteiger partial charge in [-0.2, -0.15) is 4.39 Å². The van der Waals surface area contributed by atoms with E-state index in [0.717, 1.165) is 0 Å². The van der Waals surface area contributed by atoms with Gasteiger partial charge in [0.05, 0.1) is 5.56 Å². The van der Waals surface area contributed by atoms with Crippen LogP contribution in [-0.2, 0) is 0 Å². The second kappa shape index (κ2) is 7.14. The number of halogens is 3. The van der Waals surface area contributed by atoms with Gasteiger partial charge in [0, 0.05) is 13.2 Å². The molecular formula is C13H16F3NO3. The molecule has 20 heavy (non-hydrogen) atoms. The number of hydrogen-bond acceptors (Lipinski definition) is 3. The zero-order valence-corrected chi connectivity index (χ0v) is 10.9. The zero-order valence-electron chi connectivity index (χ0n) is 10.9. The van der Waals surface area contributed by atoms with E-state index >= 15 is 0 Å². The zero-order chi connectivity index (χ0) is 15.3. The van der Waals surface area contributed by atoms with Crippen LogP contribution in [0.4, 0.5) is 13.2 Å². The van der Waals surface area contributed by atoms with Gasteiger partial charge >= 0.3 is 0 Å². The number of amides is 1. The van der Waals surface area contributed by atoms with Gasteiger partial charge in [-0.1, -0.05) is 13.3 Å². The Morgan fingerprint density at radius 2 is 2.00 bits per heavy atom. The number of rotatable bonds is 6. The lowest BCUT2D eigenvalue weighted by atomic mass is 10.0. The quantitative estimate of drug-likeness (QED) is 0.702. The van der Waals surface area contributed by atoms with E-state index in [2.05, 4.69) is 5.32 Å². The van der Waals surface area contributed by atoms with Crippen LogP contribution in [-0.4, -0.2) is 29.3 Å². The van der Waals surface area contributed by atoms with Gasteiger partial charge in [-0.15, -0.1) is 0 Å². The van der Waals surface area contributed by atoms with Crippen LogP contribution in [0.1, 0.15) is 30.1 Å². The molecule has 0 aromatic heterocycles. The van der Waals surface area contributed by atoms with Crippen molar-refractivity contribution < 1.29 is 28.2 Å². The highest BCUT2D eigenvalue weighted by Crippen LogP contribution is 2.25. The summed E-state index contributed by atoms with van der Waals surface area (Å²) in [6, 6.07) is 0.396. The van der Waals surface area contributed by atoms with Crippen molar-refractivity contribution in [3.8, 4) is 5.75 Å². The summed E-state index contributed by atoms with van der Waals surface area (Å²) in [4.78, 5) is 11.7. The second-order valence-corrected chi connectivity index (χ2v) is 4.38. The first kappa shape index (κ1) is 16.3. The molecule has 0 saturated heterocycles. The molecule has 1 aromatic carbocycles. The van der Waals surface area contributed by atoms with Gasteiger partial charge in [-0.25, -0.2) is 8.78 Å². The highest BCUT2D eigenvalue weighted by atomic mass is 19.2. The Bertz CT molecular complexity index is 494. The number of carbonyl (C=O) groups excluding carboxylic acids is 1. The third-order valence-electron chi connectivity index (χ3n) is 3.04. The lowest BCUT2D eigenvalue weighted by Crippen LogP contribution is -2.30. The van der Waals surface area contributed by atoms with Crippen molar-refractivity contribution in [3.63, 3.8) is 0 Å². The van der Waals surface area contributed by atoms with E-state index < -0.39 is 34.7 Å². The predicted molar refractivity (Wildman–Crippen MR) is 65.8 cm³/mol. The number of phenolic OH excluding ortho intramolecular Hbond substituents is 1. The summed E-state index contributed by atoms with van der Waals surface area (Å²) in [5.41, 5.74) is -0.764. The monoisotopic (exact) mass is 291 g/mol. The van der Waals surface area contributed by atoms with Crippen molar-refractivity contribution in [2.45, 2.75) is 19.8 Å². The molecule has 0 radical (unpaired) electrons. The van der Waals surface area contributed by atoms with E-state index in [0.29, 0.717) is 18.9 Å². The Labute approximate surface area is 114 Å². The first-order valence-electron chi connectivity index (χ1n) is 6.17. The minimum Gasteiger partial charge on any atom is -0.503 e. The van der Waals surface area contributed by atoms with E-state index in [4.69, 9.17) is 10.2 Å². The summed E-state index contributed by atoms with van der Waals surface area (Å²) in [7, 11) is 0. The number of nitrogens with one attached hydrogen (secondary N) is 1. The van der Waals surface area contributed by atoms with Crippen molar-refractivity contribution >= 4 is 5.91 Å². The molecule has 0 spiro atoms. The summed E-state index contributed by atoms with van der Waals surface area (Å²) >= 11 is 0. The van der Waals surface area contributed by atoms with Crippen LogP contribution in [0.15, 0.2) is 6.07 Å². The molecule has 1 amide bonds. The van der Waals surface area contributed by atoms with E-state index in [-0.39, 0.29) is 19.1 Å². The van der Waals surface area contributed by atoms with Gasteiger partial charge in [-0.3, -0.25) is 4.79 Å². The van der Waals surface area contributed by atoms with Gasteiger partial charge < -0.3 is 15.5 Å². The van der Waals surface area contributed by atoms with E-state index in [1.807, 2.05) is 6.92 Å². The molecule has 0 aliphatic carbocycles. The fourth-order valence-electron chi connectivity index (χ4n) is 1.72. The average molecular weight is 291 g/mol. The molecule has 1 unspecified atom stereocenters. The van der Waals surface area contributed by atoms with E-state index in [1.54, 1.807) is 0 Å². The van der Waals surface area contributed by atoms with Crippen molar-refractivity contribution in [2.75, 3.05) is 13.2 Å². The largest absolute Gasteiger partial charge is 0.503 e. The lowest BCUT2D eigenvalue weighted by molar-refractivity contribution is 0.0937. The maximum absolute atomic E-state index is 13.5. The number of benzene rings is 1. The number of aliphatic hydroxyl groups excluding tert-OH is 1. The minimum absolute atomic E-state index is 0.00842. The summed E-state index contributed by atoms with van der Waals surface area (Å²) in [6.45, 7) is 1.97. The molecule has 0 aliphatic rings. The van der Waals surface area contributed by atoms with E-state index in [1.165, 1.54) is 0 Å². The Balaban J connectivity index is 2.83. The number of phenols is 1. The number of carbonyl (C=O) groups is 1. The highest BCUT2D eigenvalue weighted by molar-refractivity contribution is 5.94. The van der Waals surface area contributed by atoms with Crippen LogP contribution in [0.3, 0.4) is 0 Å². The van der Waals surface area contributed by atoms with Crippen LogP contribution >= 0.6 is 0 Å². The van der Waals surface area contributed by atoms with Crippen LogP contribution in [0.25, 0.3) is 0 Å². The first-order valence-corrected chi connectivity index (χ1v) is 6.17. The fourth-order valence-corrected chi connectivity index (χ4v) is 1.72. The summed E-state index contributed by atoms with van der Waals surface area (Å²) < 4.78 is 39.4. The maximum Gasteiger partial charge on any atom is 0.254 e. The molecule has 0 saturated carbocycles. The first-order chi connectivity index (χ1) is 9.42. The third-order valence-corrected chi connectivity index (χ3v) is 3.04.